The number of ether oxygens (including phenoxy) is 1. The van der Waals surface area contributed by atoms with E-state index in [1.54, 1.807) is 18.3 Å². The summed E-state index contributed by atoms with van der Waals surface area (Å²) in [5.74, 6) is 0.942. The minimum absolute atomic E-state index is 0.0958. The van der Waals surface area contributed by atoms with Crippen molar-refractivity contribution in [1.82, 2.24) is 9.88 Å². The summed E-state index contributed by atoms with van der Waals surface area (Å²) < 4.78 is 5.22. The van der Waals surface area contributed by atoms with Gasteiger partial charge in [-0.05, 0) is 48.5 Å². The molecule has 1 aliphatic heterocycles. The summed E-state index contributed by atoms with van der Waals surface area (Å²) in [6, 6.07) is 15.8. The maximum atomic E-state index is 9.85. The van der Waals surface area contributed by atoms with E-state index in [9.17, 15) is 5.11 Å². The van der Waals surface area contributed by atoms with Crippen LogP contribution in [0.25, 0.3) is 22.3 Å². The first-order chi connectivity index (χ1) is 14.0. The van der Waals surface area contributed by atoms with Crippen molar-refractivity contribution in [2.45, 2.75) is 0 Å². The predicted molar refractivity (Wildman–Crippen MR) is 117 cm³/mol. The first kappa shape index (κ1) is 19.1. The molecule has 1 fully saturated rings. The fourth-order valence-corrected chi connectivity index (χ4v) is 3.64. The van der Waals surface area contributed by atoms with E-state index in [-0.39, 0.29) is 5.75 Å². The number of anilines is 2. The Labute approximate surface area is 171 Å². The minimum atomic E-state index is 0.0958. The van der Waals surface area contributed by atoms with E-state index in [0.717, 1.165) is 48.4 Å². The Balaban J connectivity index is 1.62. The summed E-state index contributed by atoms with van der Waals surface area (Å²) in [5, 5.41) is 9.85. The van der Waals surface area contributed by atoms with Gasteiger partial charge in [-0.15, -0.1) is 0 Å². The van der Waals surface area contributed by atoms with Crippen LogP contribution in [-0.4, -0.2) is 55.3 Å². The molecule has 3 aromatic rings. The zero-order valence-electron chi connectivity index (χ0n) is 16.8. The maximum absolute atomic E-state index is 9.85. The van der Waals surface area contributed by atoms with Crippen LogP contribution >= 0.6 is 0 Å². The molecular weight excluding hydrogens is 364 g/mol. The highest BCUT2D eigenvalue weighted by atomic mass is 16.5. The molecule has 2 heterocycles. The summed E-state index contributed by atoms with van der Waals surface area (Å²) in [6.07, 6.45) is 1.79. The van der Waals surface area contributed by atoms with Crippen molar-refractivity contribution in [2.75, 3.05) is 51.0 Å². The molecule has 6 nitrogen and oxygen atoms in total. The minimum Gasteiger partial charge on any atom is -0.504 e. The number of piperazine rings is 1. The van der Waals surface area contributed by atoms with Crippen LogP contribution in [0.1, 0.15) is 0 Å². The number of hydrogen-bond acceptors (Lipinski definition) is 6. The molecular formula is C23H26N4O2. The topological polar surface area (TPSA) is 74.9 Å². The van der Waals surface area contributed by atoms with Gasteiger partial charge in [-0.2, -0.15) is 0 Å². The third kappa shape index (κ3) is 3.98. The number of nitrogens with two attached hydrogens (primary N) is 1. The second-order valence-electron chi connectivity index (χ2n) is 7.38. The first-order valence-electron chi connectivity index (χ1n) is 9.72. The molecule has 0 unspecified atom stereocenters. The van der Waals surface area contributed by atoms with Gasteiger partial charge in [0.25, 0.3) is 0 Å². The Morgan fingerprint density at radius 2 is 1.62 bits per heavy atom. The second kappa shape index (κ2) is 8.01. The number of aromatic nitrogens is 1. The van der Waals surface area contributed by atoms with Gasteiger partial charge in [-0.25, -0.2) is 4.98 Å². The van der Waals surface area contributed by atoms with Crippen LogP contribution in [0.2, 0.25) is 0 Å². The average Bonchev–Trinajstić information content (AvgIpc) is 2.75. The lowest BCUT2D eigenvalue weighted by Crippen LogP contribution is -2.44. The molecule has 0 spiro atoms. The lowest BCUT2D eigenvalue weighted by atomic mass is 10.0. The van der Waals surface area contributed by atoms with Crippen LogP contribution in [0.15, 0.2) is 54.7 Å². The molecule has 1 aliphatic rings. The number of phenolic OH excluding ortho intramolecular Hbond substituents is 1. The van der Waals surface area contributed by atoms with Crippen molar-refractivity contribution in [1.29, 1.82) is 0 Å². The number of benzene rings is 2. The van der Waals surface area contributed by atoms with Gasteiger partial charge in [-0.3, -0.25) is 0 Å². The van der Waals surface area contributed by atoms with Crippen molar-refractivity contribution >= 4 is 11.5 Å². The van der Waals surface area contributed by atoms with Crippen molar-refractivity contribution in [3.63, 3.8) is 0 Å². The highest BCUT2D eigenvalue weighted by molar-refractivity contribution is 5.80. The van der Waals surface area contributed by atoms with E-state index in [0.29, 0.717) is 11.6 Å². The summed E-state index contributed by atoms with van der Waals surface area (Å²) >= 11 is 0. The number of hydrogen-bond donors (Lipinski definition) is 2. The number of phenols is 1. The second-order valence-corrected chi connectivity index (χ2v) is 7.38. The third-order valence-corrected chi connectivity index (χ3v) is 5.48. The molecule has 0 radical (unpaired) electrons. The molecule has 29 heavy (non-hydrogen) atoms. The van der Waals surface area contributed by atoms with E-state index in [4.69, 9.17) is 10.5 Å². The summed E-state index contributed by atoms with van der Waals surface area (Å²) in [6.45, 7) is 4.27. The van der Waals surface area contributed by atoms with Gasteiger partial charge in [0.1, 0.15) is 5.82 Å². The van der Waals surface area contributed by atoms with E-state index >= 15 is 0 Å². The molecule has 6 heteroatoms. The lowest BCUT2D eigenvalue weighted by Gasteiger charge is -2.34. The highest BCUT2D eigenvalue weighted by Crippen LogP contribution is 2.35. The Morgan fingerprint density at radius 1 is 0.931 bits per heavy atom. The standard InChI is InChI=1S/C23H26N4O2/c1-26-9-11-27(12-10-26)19-6-3-16(4-7-19)18-13-20(23(24)25-15-18)17-5-8-21(28)22(14-17)29-2/h3-8,13-15,28H,9-12H2,1-2H3,(H2,24,25). The molecule has 0 atom stereocenters. The molecule has 1 aromatic heterocycles. The summed E-state index contributed by atoms with van der Waals surface area (Å²) in [4.78, 5) is 9.16. The largest absolute Gasteiger partial charge is 0.504 e. The molecule has 150 valence electrons. The maximum Gasteiger partial charge on any atom is 0.161 e. The Hall–Kier alpha value is -3.25. The fraction of sp³-hybridized carbons (Fsp3) is 0.261. The Morgan fingerprint density at radius 3 is 2.31 bits per heavy atom. The smallest absolute Gasteiger partial charge is 0.161 e. The van der Waals surface area contributed by atoms with E-state index in [1.807, 2.05) is 12.1 Å². The van der Waals surface area contributed by atoms with Gasteiger partial charge in [-0.1, -0.05) is 18.2 Å². The lowest BCUT2D eigenvalue weighted by molar-refractivity contribution is 0.313. The van der Waals surface area contributed by atoms with E-state index in [1.165, 1.54) is 12.8 Å². The van der Waals surface area contributed by atoms with Crippen molar-refractivity contribution in [2.24, 2.45) is 0 Å². The highest BCUT2D eigenvalue weighted by Gasteiger charge is 2.15. The quantitative estimate of drug-likeness (QED) is 0.711. The normalized spacial score (nSPS) is 14.8. The molecule has 0 bridgehead atoms. The van der Waals surface area contributed by atoms with Gasteiger partial charge < -0.3 is 25.4 Å². The Kier molecular flexibility index (Phi) is 5.27. The van der Waals surface area contributed by atoms with E-state index in [2.05, 4.69) is 46.1 Å². The molecule has 2 aromatic carbocycles. The molecule has 1 saturated heterocycles. The summed E-state index contributed by atoms with van der Waals surface area (Å²) in [5.41, 5.74) is 11.1. The van der Waals surface area contributed by atoms with Gasteiger partial charge in [0.05, 0.1) is 7.11 Å². The zero-order chi connectivity index (χ0) is 20.4. The molecule has 4 rings (SSSR count). The average molecular weight is 390 g/mol. The number of pyridine rings is 1. The number of methoxy groups -OCH3 is 1. The van der Waals surface area contributed by atoms with Gasteiger partial charge in [0, 0.05) is 49.2 Å². The molecule has 0 aliphatic carbocycles. The predicted octanol–water partition coefficient (Wildman–Crippen LogP) is 3.46. The van der Waals surface area contributed by atoms with Crippen LogP contribution in [0, 0.1) is 0 Å². The summed E-state index contributed by atoms with van der Waals surface area (Å²) in [7, 11) is 3.69. The number of nitrogens with zero attached hydrogens (tertiary/aromatic N) is 3. The van der Waals surface area contributed by atoms with Gasteiger partial charge >= 0.3 is 0 Å². The van der Waals surface area contributed by atoms with E-state index < -0.39 is 0 Å². The number of nitrogen functional groups attached to an aromatic ring is 1. The number of likely N-dealkylation sites (N-methyl/N-ethyl adjacent to an activating group) is 1. The third-order valence-electron chi connectivity index (χ3n) is 5.48. The zero-order valence-corrected chi connectivity index (χ0v) is 16.8. The van der Waals surface area contributed by atoms with Crippen molar-refractivity contribution in [3.05, 3.63) is 54.7 Å². The van der Waals surface area contributed by atoms with Gasteiger partial charge in [0.2, 0.25) is 0 Å². The van der Waals surface area contributed by atoms with Crippen LogP contribution in [0.3, 0.4) is 0 Å². The molecule has 0 amide bonds. The fourth-order valence-electron chi connectivity index (χ4n) is 3.64. The first-order valence-corrected chi connectivity index (χ1v) is 9.72. The Bertz CT molecular complexity index is 996. The number of rotatable bonds is 4. The van der Waals surface area contributed by atoms with Crippen LogP contribution in [-0.2, 0) is 0 Å². The monoisotopic (exact) mass is 390 g/mol. The van der Waals surface area contributed by atoms with Gasteiger partial charge in [0.15, 0.2) is 11.5 Å². The SMILES string of the molecule is COc1cc(-c2cc(-c3ccc(N4CCN(C)CC4)cc3)cnc2N)ccc1O. The van der Waals surface area contributed by atoms with Crippen molar-refractivity contribution in [3.8, 4) is 33.8 Å². The van der Waals surface area contributed by atoms with Crippen LogP contribution in [0.4, 0.5) is 11.5 Å². The molecule has 3 N–H and O–H groups in total. The van der Waals surface area contributed by atoms with Crippen LogP contribution in [0.5, 0.6) is 11.5 Å². The number of aromatic hydroxyl groups is 1. The van der Waals surface area contributed by atoms with Crippen molar-refractivity contribution < 1.29 is 9.84 Å². The molecule has 0 saturated carbocycles. The van der Waals surface area contributed by atoms with Crippen LogP contribution < -0.4 is 15.4 Å².